The van der Waals surface area contributed by atoms with Crippen LogP contribution in [0.2, 0.25) is 0 Å². The topological polar surface area (TPSA) is 190 Å². The second kappa shape index (κ2) is 21.0. The molecule has 2 aliphatic carbocycles. The SMILES string of the molecule is CC(C)(C)OC(=O)N1C[C@H](F)C[C@H]1C(=O)O.CC[C@@H]1CN(C(=O)C(F)(F)F)C2(CC2)CN1C(=O)[C@@H]1C[C@@H](F)CN1.CC[C@@H]1CN(C(=O)C(F)(F)F)C2(CC2)CN1C(=O)[C@@H]1C[C@@H](F)CN1C(=O)OC(C)(C)C. The lowest BCUT2D eigenvalue weighted by Gasteiger charge is -2.48. The lowest BCUT2D eigenvalue weighted by Crippen LogP contribution is -2.66. The van der Waals surface area contributed by atoms with Crippen LogP contribution in [0.1, 0.15) is 113 Å². The molecule has 71 heavy (non-hydrogen) atoms. The van der Waals surface area contributed by atoms with Gasteiger partial charge in [0.2, 0.25) is 11.8 Å². The molecule has 0 bridgehead atoms. The normalized spacial score (nSPS) is 29.0. The number of piperazine rings is 2. The Morgan fingerprint density at radius 3 is 1.27 bits per heavy atom. The van der Waals surface area contributed by atoms with E-state index in [1.165, 1.54) is 4.90 Å². The van der Waals surface area contributed by atoms with E-state index in [1.54, 1.807) is 60.3 Å². The first-order valence-electron chi connectivity index (χ1n) is 23.8. The van der Waals surface area contributed by atoms with Gasteiger partial charge in [0, 0.05) is 64.1 Å². The number of aliphatic carboxylic acids is 1. The minimum absolute atomic E-state index is 0.0538. The van der Waals surface area contributed by atoms with E-state index in [0.717, 1.165) is 19.6 Å². The lowest BCUT2D eigenvalue weighted by atomic mass is 10.00. The van der Waals surface area contributed by atoms with Crippen molar-refractivity contribution < 1.29 is 87.7 Å². The van der Waals surface area contributed by atoms with Gasteiger partial charge in [0.15, 0.2) is 0 Å². The smallest absolute Gasteiger partial charge is 0.471 e. The van der Waals surface area contributed by atoms with Crippen LogP contribution in [0.15, 0.2) is 0 Å². The number of carbonyl (C=O) groups is 7. The molecule has 7 aliphatic rings. The van der Waals surface area contributed by atoms with Crippen molar-refractivity contribution in [3.8, 4) is 0 Å². The molecule has 5 saturated heterocycles. The van der Waals surface area contributed by atoms with Crippen molar-refractivity contribution in [2.24, 2.45) is 0 Å². The number of rotatable bonds is 5. The summed E-state index contributed by atoms with van der Waals surface area (Å²) in [5, 5.41) is 11.7. The molecule has 0 aromatic rings. The number of nitrogens with zero attached hydrogens (tertiary/aromatic N) is 6. The number of carboxylic acid groups (broad SMARTS) is 1. The predicted octanol–water partition coefficient (Wildman–Crippen LogP) is 5.53. The quantitative estimate of drug-likeness (QED) is 0.330. The van der Waals surface area contributed by atoms with Crippen molar-refractivity contribution in [3.63, 3.8) is 0 Å². The summed E-state index contributed by atoms with van der Waals surface area (Å²) >= 11 is 0. The van der Waals surface area contributed by atoms with Gasteiger partial charge in [0.05, 0.1) is 30.2 Å². The van der Waals surface area contributed by atoms with Crippen LogP contribution in [0.25, 0.3) is 0 Å². The second-order valence-corrected chi connectivity index (χ2v) is 21.4. The molecule has 2 spiro atoms. The zero-order valence-electron chi connectivity index (χ0n) is 41.1. The molecule has 17 nitrogen and oxygen atoms in total. The molecule has 0 aromatic carbocycles. The lowest BCUT2D eigenvalue weighted by molar-refractivity contribution is -0.193. The zero-order chi connectivity index (χ0) is 53.6. The number of alkyl halides is 9. The van der Waals surface area contributed by atoms with Crippen molar-refractivity contribution in [1.29, 1.82) is 0 Å². The molecule has 5 heterocycles. The van der Waals surface area contributed by atoms with Gasteiger partial charge in [-0.2, -0.15) is 26.3 Å². The van der Waals surface area contributed by atoms with Gasteiger partial charge in [-0.25, -0.2) is 27.6 Å². The number of carbonyl (C=O) groups excluding carboxylic acids is 6. The molecule has 8 atom stereocenters. The number of carboxylic acids is 1. The fraction of sp³-hybridized carbons (Fsp3) is 0.844. The Balaban J connectivity index is 0.000000209. The summed E-state index contributed by atoms with van der Waals surface area (Å²) in [6.45, 7) is 12.8. The van der Waals surface area contributed by atoms with Gasteiger partial charge < -0.3 is 39.5 Å². The minimum Gasteiger partial charge on any atom is -0.480 e. The number of hydrogen-bond donors (Lipinski definition) is 2. The maximum Gasteiger partial charge on any atom is 0.471 e. The Labute approximate surface area is 406 Å². The van der Waals surface area contributed by atoms with E-state index in [1.807, 2.05) is 0 Å². The highest BCUT2D eigenvalue weighted by molar-refractivity contribution is 5.89. The molecule has 26 heteroatoms. The Bertz CT molecular complexity index is 2010. The van der Waals surface area contributed by atoms with Gasteiger partial charge in [-0.1, -0.05) is 13.8 Å². The molecule has 7 rings (SSSR count). The van der Waals surface area contributed by atoms with Crippen molar-refractivity contribution in [3.05, 3.63) is 0 Å². The van der Waals surface area contributed by atoms with Crippen LogP contribution in [0.4, 0.5) is 49.1 Å². The molecular formula is C45H66F9N7O10. The van der Waals surface area contributed by atoms with Crippen LogP contribution in [0, 0.1) is 0 Å². The van der Waals surface area contributed by atoms with Crippen molar-refractivity contribution in [2.45, 2.75) is 197 Å². The van der Waals surface area contributed by atoms with Crippen LogP contribution in [0.5, 0.6) is 0 Å². The highest BCUT2D eigenvalue weighted by Crippen LogP contribution is 2.49. The Hall–Kier alpha value is -4.78. The average molecular weight is 1040 g/mol. The molecule has 0 radical (unpaired) electrons. The first-order valence-corrected chi connectivity index (χ1v) is 23.8. The van der Waals surface area contributed by atoms with E-state index in [9.17, 15) is 73.1 Å². The summed E-state index contributed by atoms with van der Waals surface area (Å²) in [7, 11) is 0. The van der Waals surface area contributed by atoms with Gasteiger partial charge in [0.25, 0.3) is 0 Å². The average Bonchev–Trinajstić information content (AvgIpc) is 4.03. The molecule has 6 amide bonds. The van der Waals surface area contributed by atoms with E-state index in [-0.39, 0.29) is 71.0 Å². The Morgan fingerprint density at radius 1 is 0.563 bits per heavy atom. The van der Waals surface area contributed by atoms with Gasteiger partial charge in [-0.3, -0.25) is 29.0 Å². The molecule has 7 fully saturated rings. The Kier molecular flexibility index (Phi) is 16.9. The standard InChI is InChI=1S/C20H29F4N3O4.C15H21F4N3O2.C10H16FNO4/c1-5-13-10-27(16(29)20(22,23)24)19(6-7-19)11-26(13)15(28)14-8-12(21)9-25(14)17(30)31-18(2,3)4;1-2-10-7-22(13(24)15(17,18)19)14(3-4-14)8-21(10)12(23)11-5-9(16)6-20-11;1-10(2,3)16-9(15)12-5-6(11)4-7(12)8(13)14/h12-14H,5-11H2,1-4H3;9-11,20H,2-8H2,1H3;6-7H,4-5H2,1-3H3,(H,13,14)/t12-,13-,14+;9-,10-,11+;6-,7+/m111/s1. The molecule has 2 N–H and O–H groups in total. The molecule has 0 unspecified atom stereocenters. The Morgan fingerprint density at radius 2 is 0.944 bits per heavy atom. The van der Waals surface area contributed by atoms with Crippen molar-refractivity contribution >= 4 is 41.8 Å². The summed E-state index contributed by atoms with van der Waals surface area (Å²) in [5.41, 5.74) is -3.48. The summed E-state index contributed by atoms with van der Waals surface area (Å²) in [6.07, 6.45) is -13.1. The van der Waals surface area contributed by atoms with Crippen LogP contribution < -0.4 is 5.32 Å². The monoisotopic (exact) mass is 1040 g/mol. The number of hydrogen-bond acceptors (Lipinski definition) is 10. The number of amides is 6. The van der Waals surface area contributed by atoms with Gasteiger partial charge in [0.1, 0.15) is 41.8 Å². The number of likely N-dealkylation sites (tertiary alicyclic amines) is 2. The largest absolute Gasteiger partial charge is 0.480 e. The van der Waals surface area contributed by atoms with Gasteiger partial charge in [-0.05, 0) is 80.1 Å². The third-order valence-electron chi connectivity index (χ3n) is 13.6. The van der Waals surface area contributed by atoms with E-state index in [4.69, 9.17) is 14.6 Å². The third-order valence-corrected chi connectivity index (χ3v) is 13.6. The van der Waals surface area contributed by atoms with E-state index < -0.39 is 119 Å². The summed E-state index contributed by atoms with van der Waals surface area (Å²) < 4.78 is 129. The van der Waals surface area contributed by atoms with E-state index >= 15 is 0 Å². The summed E-state index contributed by atoms with van der Waals surface area (Å²) in [5.74, 6) is -5.70. The van der Waals surface area contributed by atoms with Crippen LogP contribution in [-0.4, -0.2) is 205 Å². The van der Waals surface area contributed by atoms with Crippen LogP contribution in [-0.2, 0) is 33.4 Å². The number of ether oxygens (including phenoxy) is 2. The predicted molar refractivity (Wildman–Crippen MR) is 232 cm³/mol. The minimum atomic E-state index is -4.99. The first-order chi connectivity index (χ1) is 32.6. The third kappa shape index (κ3) is 13.6. The van der Waals surface area contributed by atoms with E-state index in [2.05, 4.69) is 5.32 Å². The second-order valence-electron chi connectivity index (χ2n) is 21.4. The van der Waals surface area contributed by atoms with Crippen molar-refractivity contribution in [1.82, 2.24) is 34.7 Å². The molecule has 2 saturated carbocycles. The maximum atomic E-state index is 14.2. The maximum absolute atomic E-state index is 14.2. The fourth-order valence-electron chi connectivity index (χ4n) is 9.69. The molecule has 0 aromatic heterocycles. The summed E-state index contributed by atoms with van der Waals surface area (Å²) in [6, 6.07) is -3.96. The summed E-state index contributed by atoms with van der Waals surface area (Å²) in [4.78, 5) is 91.4. The van der Waals surface area contributed by atoms with Crippen LogP contribution >= 0.6 is 0 Å². The van der Waals surface area contributed by atoms with Crippen molar-refractivity contribution in [2.75, 3.05) is 45.8 Å². The van der Waals surface area contributed by atoms with Gasteiger partial charge in [-0.15, -0.1) is 0 Å². The highest BCUT2D eigenvalue weighted by Gasteiger charge is 2.62. The highest BCUT2D eigenvalue weighted by atomic mass is 19.4. The zero-order valence-corrected chi connectivity index (χ0v) is 41.1. The van der Waals surface area contributed by atoms with E-state index in [0.29, 0.717) is 38.5 Å². The van der Waals surface area contributed by atoms with Crippen LogP contribution in [0.3, 0.4) is 0 Å². The molecule has 404 valence electrons. The first kappa shape index (κ1) is 57.1. The molecular weight excluding hydrogens is 970 g/mol. The molecule has 5 aliphatic heterocycles. The number of nitrogens with one attached hydrogen (secondary N) is 1. The number of halogens is 9. The van der Waals surface area contributed by atoms with Gasteiger partial charge >= 0.3 is 42.3 Å². The fourth-order valence-corrected chi connectivity index (χ4v) is 9.69.